The molecule has 9 heteroatoms. The van der Waals surface area contributed by atoms with Gasteiger partial charge < -0.3 is 19.7 Å². The largest absolute Gasteiger partial charge is 0.454 e. The Morgan fingerprint density at radius 3 is 2.70 bits per heavy atom. The summed E-state index contributed by atoms with van der Waals surface area (Å²) in [7, 11) is 0. The van der Waals surface area contributed by atoms with Crippen molar-refractivity contribution in [3.63, 3.8) is 0 Å². The topological polar surface area (TPSA) is 98.6 Å². The van der Waals surface area contributed by atoms with Crippen LogP contribution >= 0.6 is 0 Å². The number of carbonyl (C=O) groups is 1. The van der Waals surface area contributed by atoms with Gasteiger partial charge in [0.25, 0.3) is 11.5 Å². The number of rotatable bonds is 4. The van der Waals surface area contributed by atoms with Crippen LogP contribution in [-0.2, 0) is 13.1 Å². The first-order chi connectivity index (χ1) is 14.6. The number of hydrogen-bond acceptors (Lipinski definition) is 7. The highest BCUT2D eigenvalue weighted by Gasteiger charge is 2.27. The number of benzene rings is 2. The lowest BCUT2D eigenvalue weighted by Crippen LogP contribution is -2.34. The minimum absolute atomic E-state index is 0.187. The average molecular weight is 405 g/mol. The lowest BCUT2D eigenvalue weighted by atomic mass is 10.2. The second kappa shape index (κ2) is 7.18. The molecule has 2 aliphatic heterocycles. The lowest BCUT2D eigenvalue weighted by Gasteiger charge is -2.16. The Labute approximate surface area is 171 Å². The number of nitrogens with zero attached hydrogens (tertiary/aromatic N) is 4. The molecule has 152 valence electrons. The van der Waals surface area contributed by atoms with Gasteiger partial charge in [-0.3, -0.25) is 14.2 Å². The highest BCUT2D eigenvalue weighted by atomic mass is 16.7. The summed E-state index contributed by atoms with van der Waals surface area (Å²) >= 11 is 0. The van der Waals surface area contributed by atoms with E-state index in [0.29, 0.717) is 30.5 Å². The number of nitrogens with one attached hydrogen (secondary N) is 1. The molecule has 3 heterocycles. The van der Waals surface area contributed by atoms with Gasteiger partial charge in [-0.2, -0.15) is 0 Å². The summed E-state index contributed by atoms with van der Waals surface area (Å²) in [5.41, 5.74) is 2.24. The molecule has 2 aromatic carbocycles. The van der Waals surface area contributed by atoms with Crippen molar-refractivity contribution in [2.24, 2.45) is 0 Å². The Morgan fingerprint density at radius 2 is 1.87 bits per heavy atom. The summed E-state index contributed by atoms with van der Waals surface area (Å²) in [6.07, 6.45) is 0. The monoisotopic (exact) mass is 405 g/mol. The Kier molecular flexibility index (Phi) is 4.35. The molecule has 3 aromatic rings. The van der Waals surface area contributed by atoms with Crippen molar-refractivity contribution in [3.05, 3.63) is 69.6 Å². The molecule has 30 heavy (non-hydrogen) atoms. The third-order valence-corrected chi connectivity index (χ3v) is 5.17. The van der Waals surface area contributed by atoms with Crippen LogP contribution in [0.5, 0.6) is 11.5 Å². The van der Waals surface area contributed by atoms with Crippen molar-refractivity contribution in [2.45, 2.75) is 20.0 Å². The number of anilines is 2. The van der Waals surface area contributed by atoms with Gasteiger partial charge in [0.05, 0.1) is 0 Å². The molecule has 0 saturated carbocycles. The van der Waals surface area contributed by atoms with Crippen molar-refractivity contribution in [2.75, 3.05) is 18.2 Å². The maximum atomic E-state index is 12.8. The van der Waals surface area contributed by atoms with Gasteiger partial charge in [-0.15, -0.1) is 10.2 Å². The molecule has 1 N–H and O–H groups in total. The van der Waals surface area contributed by atoms with Crippen LogP contribution in [0.25, 0.3) is 0 Å². The molecule has 0 spiro atoms. The fourth-order valence-corrected chi connectivity index (χ4v) is 3.54. The first kappa shape index (κ1) is 18.2. The van der Waals surface area contributed by atoms with Crippen molar-refractivity contribution in [1.29, 1.82) is 0 Å². The molecule has 1 aromatic heterocycles. The molecule has 5 rings (SSSR count). The van der Waals surface area contributed by atoms with E-state index in [9.17, 15) is 9.59 Å². The molecular weight excluding hydrogens is 386 g/mol. The lowest BCUT2D eigenvalue weighted by molar-refractivity contribution is 0.0942. The standard InChI is InChI=1S/C21H19N5O4/c1-13-2-5-15(6-3-13)25-8-9-26-20(28)18(23-24-21(25)26)19(27)22-11-14-4-7-16-17(10-14)30-12-29-16/h2-7,10H,8-9,11-12H2,1H3,(H,22,27). The zero-order valence-corrected chi connectivity index (χ0v) is 16.3. The van der Waals surface area contributed by atoms with E-state index in [-0.39, 0.29) is 19.0 Å². The van der Waals surface area contributed by atoms with Crippen molar-refractivity contribution < 1.29 is 14.3 Å². The second-order valence-electron chi connectivity index (χ2n) is 7.16. The van der Waals surface area contributed by atoms with E-state index in [2.05, 4.69) is 15.5 Å². The molecule has 0 saturated heterocycles. The van der Waals surface area contributed by atoms with Crippen LogP contribution in [0.15, 0.2) is 47.3 Å². The molecular formula is C21H19N5O4. The van der Waals surface area contributed by atoms with Gasteiger partial charge in [0.2, 0.25) is 18.4 Å². The number of ether oxygens (including phenoxy) is 2. The average Bonchev–Trinajstić information content (AvgIpc) is 3.40. The quantitative estimate of drug-likeness (QED) is 0.706. The van der Waals surface area contributed by atoms with Crippen LogP contribution < -0.4 is 25.2 Å². The Hall–Kier alpha value is -3.88. The van der Waals surface area contributed by atoms with Crippen LogP contribution in [0.3, 0.4) is 0 Å². The summed E-state index contributed by atoms with van der Waals surface area (Å²) in [5.74, 6) is 1.19. The minimum Gasteiger partial charge on any atom is -0.454 e. The Balaban J connectivity index is 1.34. The van der Waals surface area contributed by atoms with Gasteiger partial charge in [0.15, 0.2) is 11.5 Å². The summed E-state index contributed by atoms with van der Waals surface area (Å²) in [6.45, 7) is 3.47. The zero-order chi connectivity index (χ0) is 20.7. The minimum atomic E-state index is -0.561. The number of amides is 1. The van der Waals surface area contributed by atoms with Crippen LogP contribution in [0, 0.1) is 6.92 Å². The molecule has 0 atom stereocenters. The highest BCUT2D eigenvalue weighted by molar-refractivity contribution is 5.91. The van der Waals surface area contributed by atoms with E-state index >= 15 is 0 Å². The summed E-state index contributed by atoms with van der Waals surface area (Å²) in [4.78, 5) is 27.3. The van der Waals surface area contributed by atoms with Crippen LogP contribution in [0.1, 0.15) is 21.6 Å². The van der Waals surface area contributed by atoms with Crippen LogP contribution in [0.2, 0.25) is 0 Å². The second-order valence-corrected chi connectivity index (χ2v) is 7.16. The summed E-state index contributed by atoms with van der Waals surface area (Å²) < 4.78 is 12.1. The Bertz CT molecular complexity index is 1190. The highest BCUT2D eigenvalue weighted by Crippen LogP contribution is 2.32. The van der Waals surface area contributed by atoms with E-state index in [1.165, 1.54) is 4.57 Å². The van der Waals surface area contributed by atoms with Gasteiger partial charge in [-0.25, -0.2) is 0 Å². The molecule has 2 aliphatic rings. The molecule has 0 bridgehead atoms. The van der Waals surface area contributed by atoms with E-state index in [4.69, 9.17) is 9.47 Å². The smallest absolute Gasteiger partial charge is 0.286 e. The van der Waals surface area contributed by atoms with Crippen LogP contribution in [-0.4, -0.2) is 34.0 Å². The maximum absolute atomic E-state index is 12.8. The van der Waals surface area contributed by atoms with E-state index in [0.717, 1.165) is 16.8 Å². The third-order valence-electron chi connectivity index (χ3n) is 5.17. The molecule has 0 fully saturated rings. The zero-order valence-electron chi connectivity index (χ0n) is 16.3. The predicted octanol–water partition coefficient (Wildman–Crippen LogP) is 1.76. The first-order valence-electron chi connectivity index (χ1n) is 9.58. The van der Waals surface area contributed by atoms with E-state index in [1.54, 1.807) is 12.1 Å². The van der Waals surface area contributed by atoms with E-state index in [1.807, 2.05) is 42.2 Å². The fourth-order valence-electron chi connectivity index (χ4n) is 3.54. The van der Waals surface area contributed by atoms with Crippen molar-refractivity contribution in [1.82, 2.24) is 20.1 Å². The molecule has 1 amide bonds. The predicted molar refractivity (Wildman–Crippen MR) is 108 cm³/mol. The SMILES string of the molecule is Cc1ccc(N2CCn3c2nnc(C(=O)NCc2ccc4c(c2)OCO4)c3=O)cc1. The molecule has 9 nitrogen and oxygen atoms in total. The molecule has 0 unspecified atom stereocenters. The van der Waals surface area contributed by atoms with Gasteiger partial charge in [-0.1, -0.05) is 23.8 Å². The third kappa shape index (κ3) is 3.14. The van der Waals surface area contributed by atoms with Gasteiger partial charge in [0.1, 0.15) is 0 Å². The summed E-state index contributed by atoms with van der Waals surface area (Å²) in [5, 5.41) is 10.8. The number of carbonyl (C=O) groups excluding carboxylic acids is 1. The van der Waals surface area contributed by atoms with Crippen molar-refractivity contribution in [3.8, 4) is 11.5 Å². The number of fused-ring (bicyclic) bond motifs is 2. The van der Waals surface area contributed by atoms with Crippen LogP contribution in [0.4, 0.5) is 11.6 Å². The Morgan fingerprint density at radius 1 is 1.07 bits per heavy atom. The normalized spacial score (nSPS) is 14.0. The van der Waals surface area contributed by atoms with Gasteiger partial charge in [-0.05, 0) is 36.8 Å². The maximum Gasteiger partial charge on any atom is 0.286 e. The molecule has 0 aliphatic carbocycles. The van der Waals surface area contributed by atoms with Gasteiger partial charge >= 0.3 is 0 Å². The number of aryl methyl sites for hydroxylation is 1. The summed E-state index contributed by atoms with van der Waals surface area (Å²) in [6, 6.07) is 13.4. The molecule has 0 radical (unpaired) electrons. The number of hydrogen-bond donors (Lipinski definition) is 1. The van der Waals surface area contributed by atoms with Crippen molar-refractivity contribution >= 4 is 17.5 Å². The first-order valence-corrected chi connectivity index (χ1v) is 9.58. The van der Waals surface area contributed by atoms with E-state index < -0.39 is 11.5 Å². The number of aromatic nitrogens is 3. The van der Waals surface area contributed by atoms with Gasteiger partial charge in [0, 0.05) is 25.3 Å². The fraction of sp³-hybridized carbons (Fsp3) is 0.238.